The summed E-state index contributed by atoms with van der Waals surface area (Å²) in [5, 5.41) is 4.77. The molecule has 4 rings (SSSR count). The van der Waals surface area contributed by atoms with Crippen molar-refractivity contribution in [3.63, 3.8) is 0 Å². The maximum absolute atomic E-state index is 13.0. The van der Waals surface area contributed by atoms with Crippen LogP contribution < -0.4 is 10.6 Å². The highest BCUT2D eigenvalue weighted by molar-refractivity contribution is 6.24. The molecule has 2 N–H and O–H groups in total. The molecule has 1 saturated heterocycles. The molecule has 0 aromatic heterocycles. The summed E-state index contributed by atoms with van der Waals surface area (Å²) in [6, 6.07) is 2.50. The predicted octanol–water partition coefficient (Wildman–Crippen LogP) is 0.114. The summed E-state index contributed by atoms with van der Waals surface area (Å²) in [4.78, 5) is 61.8. The summed E-state index contributed by atoms with van der Waals surface area (Å²) in [6.45, 7) is 0.0844. The maximum atomic E-state index is 13.0. The van der Waals surface area contributed by atoms with Crippen LogP contribution in [-0.2, 0) is 20.9 Å². The van der Waals surface area contributed by atoms with Gasteiger partial charge >= 0.3 is 0 Å². The van der Waals surface area contributed by atoms with E-state index in [0.29, 0.717) is 10.5 Å². The molecule has 2 aliphatic heterocycles. The Bertz CT molecular complexity index is 910. The fraction of sp³-hybridized carbons (Fsp3) is 0.389. The SMILES string of the molecule is [2H]C1(N2C(=O)c3cccc(CNC(=O)C4CC4)c3C2=O)CCC(=O)NC1=O. The lowest BCUT2D eigenvalue weighted by atomic mass is 10.0. The van der Waals surface area contributed by atoms with Gasteiger partial charge in [0.1, 0.15) is 6.02 Å². The van der Waals surface area contributed by atoms with Crippen LogP contribution in [0.1, 0.15) is 53.3 Å². The van der Waals surface area contributed by atoms with Crippen LogP contribution in [0.15, 0.2) is 18.2 Å². The normalized spacial score (nSPS) is 25.7. The lowest BCUT2D eigenvalue weighted by Gasteiger charge is -2.27. The number of amides is 5. The largest absolute Gasteiger partial charge is 0.352 e. The fourth-order valence-electron chi connectivity index (χ4n) is 3.24. The van der Waals surface area contributed by atoms with Crippen molar-refractivity contribution >= 4 is 29.5 Å². The van der Waals surface area contributed by atoms with E-state index in [1.165, 1.54) is 6.07 Å². The maximum Gasteiger partial charge on any atom is 0.262 e. The van der Waals surface area contributed by atoms with Crippen molar-refractivity contribution in [2.45, 2.75) is 38.2 Å². The number of rotatable bonds is 4. The van der Waals surface area contributed by atoms with E-state index in [9.17, 15) is 24.0 Å². The number of imide groups is 2. The zero-order chi connectivity index (χ0) is 19.3. The lowest BCUT2D eigenvalue weighted by Crippen LogP contribution is -2.54. The van der Waals surface area contributed by atoms with Gasteiger partial charge in [-0.25, -0.2) is 0 Å². The van der Waals surface area contributed by atoms with Crippen molar-refractivity contribution in [1.82, 2.24) is 15.5 Å². The summed E-state index contributed by atoms with van der Waals surface area (Å²) in [6.07, 6.45) is 1.31. The van der Waals surface area contributed by atoms with Gasteiger partial charge in [0.2, 0.25) is 17.7 Å². The molecule has 0 radical (unpaired) electrons. The molecule has 8 nitrogen and oxygen atoms in total. The minimum atomic E-state index is -2.17. The molecule has 2 heterocycles. The van der Waals surface area contributed by atoms with Gasteiger partial charge in [-0.15, -0.1) is 0 Å². The number of hydrogen-bond acceptors (Lipinski definition) is 5. The van der Waals surface area contributed by atoms with Crippen LogP contribution in [0.3, 0.4) is 0 Å². The van der Waals surface area contributed by atoms with Crippen molar-refractivity contribution in [3.8, 4) is 0 Å². The number of hydrogen-bond donors (Lipinski definition) is 2. The first-order valence-corrected chi connectivity index (χ1v) is 8.45. The molecule has 1 aliphatic carbocycles. The van der Waals surface area contributed by atoms with Crippen molar-refractivity contribution in [2.75, 3.05) is 0 Å². The molecular formula is C18H17N3O5. The Hall–Kier alpha value is -3.03. The van der Waals surface area contributed by atoms with Crippen LogP contribution in [0.4, 0.5) is 0 Å². The van der Waals surface area contributed by atoms with Gasteiger partial charge in [0.05, 0.1) is 12.5 Å². The monoisotopic (exact) mass is 356 g/mol. The second-order valence-corrected chi connectivity index (χ2v) is 6.60. The van der Waals surface area contributed by atoms with Crippen LogP contribution in [0.5, 0.6) is 0 Å². The molecule has 134 valence electrons. The summed E-state index contributed by atoms with van der Waals surface area (Å²) < 4.78 is 8.41. The quantitative estimate of drug-likeness (QED) is 0.744. The van der Waals surface area contributed by atoms with E-state index < -0.39 is 29.6 Å². The number of benzene rings is 1. The molecule has 1 aromatic rings. The van der Waals surface area contributed by atoms with Gasteiger partial charge in [0.15, 0.2) is 0 Å². The standard InChI is InChI=1S/C18H17N3O5/c22-13-7-6-12(16(24)20-13)21-17(25)11-3-1-2-10(14(11)18(21)26)8-19-15(23)9-4-5-9/h1-3,9,12H,4-8H2,(H,19,23)(H,20,22,24)/i12D. The zero-order valence-corrected chi connectivity index (χ0v) is 13.8. The second-order valence-electron chi connectivity index (χ2n) is 6.60. The third-order valence-electron chi connectivity index (χ3n) is 4.78. The number of nitrogens with zero attached hydrogens (tertiary/aromatic N) is 1. The van der Waals surface area contributed by atoms with Crippen molar-refractivity contribution in [2.24, 2.45) is 5.92 Å². The Morgan fingerprint density at radius 1 is 1.19 bits per heavy atom. The minimum Gasteiger partial charge on any atom is -0.352 e. The van der Waals surface area contributed by atoms with Gasteiger partial charge in [-0.05, 0) is 30.9 Å². The topological polar surface area (TPSA) is 113 Å². The van der Waals surface area contributed by atoms with E-state index in [1.807, 2.05) is 5.32 Å². The summed E-state index contributed by atoms with van der Waals surface area (Å²) >= 11 is 0. The van der Waals surface area contributed by atoms with Crippen LogP contribution >= 0.6 is 0 Å². The van der Waals surface area contributed by atoms with Gasteiger partial charge in [-0.3, -0.25) is 34.2 Å². The third kappa shape index (κ3) is 2.67. The Balaban J connectivity index is 1.64. The molecule has 3 aliphatic rings. The van der Waals surface area contributed by atoms with Gasteiger partial charge in [0.25, 0.3) is 11.8 Å². The molecular weight excluding hydrogens is 338 g/mol. The minimum absolute atomic E-state index is 0.00979. The van der Waals surface area contributed by atoms with Gasteiger partial charge in [0, 0.05) is 18.9 Å². The van der Waals surface area contributed by atoms with Crippen molar-refractivity contribution in [3.05, 3.63) is 34.9 Å². The highest BCUT2D eigenvalue weighted by Gasteiger charge is 2.45. The van der Waals surface area contributed by atoms with Gasteiger partial charge in [-0.2, -0.15) is 0 Å². The lowest BCUT2D eigenvalue weighted by molar-refractivity contribution is -0.136. The van der Waals surface area contributed by atoms with E-state index in [4.69, 9.17) is 1.37 Å². The molecule has 0 spiro atoms. The van der Waals surface area contributed by atoms with Crippen LogP contribution in [-0.4, -0.2) is 40.5 Å². The third-order valence-corrected chi connectivity index (χ3v) is 4.78. The van der Waals surface area contributed by atoms with E-state index in [1.54, 1.807) is 12.1 Å². The van der Waals surface area contributed by atoms with Crippen molar-refractivity contribution < 1.29 is 25.3 Å². The average Bonchev–Trinajstić information content (AvgIpc) is 3.44. The van der Waals surface area contributed by atoms with E-state index >= 15 is 0 Å². The first-order chi connectivity index (χ1) is 12.8. The Labute approximate surface area is 150 Å². The van der Waals surface area contributed by atoms with Crippen LogP contribution in [0.25, 0.3) is 0 Å². The zero-order valence-electron chi connectivity index (χ0n) is 14.8. The Morgan fingerprint density at radius 2 is 1.96 bits per heavy atom. The molecule has 1 aromatic carbocycles. The van der Waals surface area contributed by atoms with E-state index in [2.05, 4.69) is 5.32 Å². The molecule has 0 bridgehead atoms. The first-order valence-electron chi connectivity index (χ1n) is 8.95. The van der Waals surface area contributed by atoms with E-state index in [-0.39, 0.29) is 42.3 Å². The van der Waals surface area contributed by atoms with Crippen LogP contribution in [0.2, 0.25) is 0 Å². The second kappa shape index (κ2) is 6.05. The number of nitrogens with one attached hydrogen (secondary N) is 2. The number of carbonyl (C=O) groups excluding carboxylic acids is 5. The smallest absolute Gasteiger partial charge is 0.262 e. The fourth-order valence-corrected chi connectivity index (χ4v) is 3.24. The molecule has 1 saturated carbocycles. The number of piperidine rings is 1. The first kappa shape index (κ1) is 15.2. The molecule has 2 fully saturated rings. The molecule has 5 amide bonds. The van der Waals surface area contributed by atoms with Crippen molar-refractivity contribution in [1.29, 1.82) is 0 Å². The molecule has 1 atom stereocenters. The summed E-state index contributed by atoms with van der Waals surface area (Å²) in [5.41, 5.74) is 0.641. The van der Waals surface area contributed by atoms with Gasteiger partial charge < -0.3 is 5.32 Å². The average molecular weight is 356 g/mol. The molecule has 26 heavy (non-hydrogen) atoms. The number of fused-ring (bicyclic) bond motifs is 1. The highest BCUT2D eigenvalue weighted by atomic mass is 16.2. The van der Waals surface area contributed by atoms with Gasteiger partial charge in [-0.1, -0.05) is 12.1 Å². The Kier molecular flexibility index (Phi) is 3.55. The number of carbonyl (C=O) groups is 5. The predicted molar refractivity (Wildman–Crippen MR) is 87.7 cm³/mol. The summed E-state index contributed by atoms with van der Waals surface area (Å²) in [5.74, 6) is -3.12. The molecule has 8 heteroatoms. The Morgan fingerprint density at radius 3 is 2.65 bits per heavy atom. The highest BCUT2D eigenvalue weighted by Crippen LogP contribution is 2.31. The molecule has 1 unspecified atom stereocenters. The summed E-state index contributed by atoms with van der Waals surface area (Å²) in [7, 11) is 0. The van der Waals surface area contributed by atoms with Crippen LogP contribution in [0, 0.1) is 5.92 Å². The van der Waals surface area contributed by atoms with E-state index in [0.717, 1.165) is 12.8 Å².